The standard InChI is InChI=1S/C15H21NO2S/c16-14(17)10-6-1-2-7-11-19-15(18)12-13-8-4-3-5-9-13/h3-5,8-9H,1-2,6-7,10-12H2,(H2,16,17). The highest BCUT2D eigenvalue weighted by Gasteiger charge is 2.03. The summed E-state index contributed by atoms with van der Waals surface area (Å²) in [5, 5.41) is 0.225. The molecule has 0 unspecified atom stereocenters. The molecule has 0 aliphatic rings. The van der Waals surface area contributed by atoms with Crippen molar-refractivity contribution in [1.29, 1.82) is 0 Å². The number of carbonyl (C=O) groups excluding carboxylic acids is 2. The van der Waals surface area contributed by atoms with Crippen molar-refractivity contribution < 1.29 is 9.59 Å². The highest BCUT2D eigenvalue weighted by molar-refractivity contribution is 8.13. The Hall–Kier alpha value is -1.29. The molecule has 1 amide bonds. The van der Waals surface area contributed by atoms with E-state index in [0.29, 0.717) is 12.8 Å². The second kappa shape index (κ2) is 9.62. The van der Waals surface area contributed by atoms with Gasteiger partial charge in [0, 0.05) is 18.6 Å². The number of rotatable bonds is 9. The molecule has 4 heteroatoms. The normalized spacial score (nSPS) is 10.3. The summed E-state index contributed by atoms with van der Waals surface area (Å²) < 4.78 is 0. The predicted molar refractivity (Wildman–Crippen MR) is 79.9 cm³/mol. The average molecular weight is 279 g/mol. The minimum absolute atomic E-state index is 0.225. The molecule has 19 heavy (non-hydrogen) atoms. The molecule has 0 radical (unpaired) electrons. The number of unbranched alkanes of at least 4 members (excludes halogenated alkanes) is 3. The van der Waals surface area contributed by atoms with E-state index in [4.69, 9.17) is 5.73 Å². The van der Waals surface area contributed by atoms with Gasteiger partial charge >= 0.3 is 0 Å². The molecule has 0 saturated carbocycles. The van der Waals surface area contributed by atoms with Crippen LogP contribution in [0.4, 0.5) is 0 Å². The maximum atomic E-state index is 11.7. The average Bonchev–Trinajstić information content (AvgIpc) is 2.38. The van der Waals surface area contributed by atoms with E-state index in [1.54, 1.807) is 0 Å². The van der Waals surface area contributed by atoms with Crippen molar-refractivity contribution in [2.75, 3.05) is 5.75 Å². The molecule has 1 aromatic rings. The van der Waals surface area contributed by atoms with Crippen LogP contribution < -0.4 is 5.73 Å². The summed E-state index contributed by atoms with van der Waals surface area (Å²) in [6, 6.07) is 9.80. The van der Waals surface area contributed by atoms with Crippen molar-refractivity contribution in [3.8, 4) is 0 Å². The quantitative estimate of drug-likeness (QED) is 0.707. The van der Waals surface area contributed by atoms with Crippen LogP contribution >= 0.6 is 11.8 Å². The van der Waals surface area contributed by atoms with E-state index in [1.807, 2.05) is 30.3 Å². The molecule has 0 spiro atoms. The van der Waals surface area contributed by atoms with E-state index in [0.717, 1.165) is 37.0 Å². The monoisotopic (exact) mass is 279 g/mol. The van der Waals surface area contributed by atoms with Crippen LogP contribution in [0.15, 0.2) is 30.3 Å². The van der Waals surface area contributed by atoms with Gasteiger partial charge in [0.1, 0.15) is 0 Å². The Labute approximate surface area is 119 Å². The first-order chi connectivity index (χ1) is 9.18. The topological polar surface area (TPSA) is 60.2 Å². The fraction of sp³-hybridized carbons (Fsp3) is 0.467. The van der Waals surface area contributed by atoms with E-state index in [-0.39, 0.29) is 11.0 Å². The van der Waals surface area contributed by atoms with Gasteiger partial charge in [-0.25, -0.2) is 0 Å². The number of amides is 1. The van der Waals surface area contributed by atoms with Crippen LogP contribution in [0.1, 0.15) is 37.7 Å². The molecule has 2 N–H and O–H groups in total. The fourth-order valence-electron chi connectivity index (χ4n) is 1.75. The maximum absolute atomic E-state index is 11.7. The number of thioether (sulfide) groups is 1. The lowest BCUT2D eigenvalue weighted by Gasteiger charge is -2.02. The molecule has 0 aromatic heterocycles. The maximum Gasteiger partial charge on any atom is 0.217 e. The molecule has 0 aliphatic heterocycles. The molecule has 0 atom stereocenters. The van der Waals surface area contributed by atoms with Gasteiger partial charge in [-0.1, -0.05) is 54.9 Å². The van der Waals surface area contributed by atoms with E-state index in [1.165, 1.54) is 11.8 Å². The number of hydrogen-bond donors (Lipinski definition) is 1. The van der Waals surface area contributed by atoms with E-state index in [2.05, 4.69) is 0 Å². The molecule has 104 valence electrons. The zero-order valence-corrected chi connectivity index (χ0v) is 12.0. The highest BCUT2D eigenvalue weighted by atomic mass is 32.2. The smallest absolute Gasteiger partial charge is 0.217 e. The van der Waals surface area contributed by atoms with Gasteiger partial charge in [-0.15, -0.1) is 0 Å². The zero-order valence-electron chi connectivity index (χ0n) is 11.1. The number of benzene rings is 1. The van der Waals surface area contributed by atoms with Gasteiger partial charge in [-0.05, 0) is 18.4 Å². The number of nitrogens with two attached hydrogens (primary N) is 1. The summed E-state index contributed by atoms with van der Waals surface area (Å²) >= 11 is 1.41. The van der Waals surface area contributed by atoms with Crippen LogP contribution in [-0.4, -0.2) is 16.8 Å². The highest BCUT2D eigenvalue weighted by Crippen LogP contribution is 2.12. The third-order valence-corrected chi connectivity index (χ3v) is 3.73. The molecular formula is C15H21NO2S. The molecule has 0 aliphatic carbocycles. The molecule has 3 nitrogen and oxygen atoms in total. The molecular weight excluding hydrogens is 258 g/mol. The van der Waals surface area contributed by atoms with Gasteiger partial charge in [-0.3, -0.25) is 9.59 Å². The number of primary amides is 1. The lowest BCUT2D eigenvalue weighted by molar-refractivity contribution is -0.118. The summed E-state index contributed by atoms with van der Waals surface area (Å²) in [5.41, 5.74) is 6.13. The van der Waals surface area contributed by atoms with Crippen molar-refractivity contribution in [2.24, 2.45) is 5.73 Å². The largest absolute Gasteiger partial charge is 0.370 e. The van der Waals surface area contributed by atoms with Crippen LogP contribution in [0.25, 0.3) is 0 Å². The summed E-state index contributed by atoms with van der Waals surface area (Å²) in [6.07, 6.45) is 4.92. The third kappa shape index (κ3) is 8.43. The number of hydrogen-bond acceptors (Lipinski definition) is 3. The van der Waals surface area contributed by atoms with Crippen molar-refractivity contribution in [1.82, 2.24) is 0 Å². The van der Waals surface area contributed by atoms with Crippen molar-refractivity contribution >= 4 is 22.8 Å². The van der Waals surface area contributed by atoms with Crippen LogP contribution in [0.2, 0.25) is 0 Å². The molecule has 1 aromatic carbocycles. The third-order valence-electron chi connectivity index (χ3n) is 2.77. The van der Waals surface area contributed by atoms with Gasteiger partial charge in [0.05, 0.1) is 0 Å². The predicted octanol–water partition coefficient (Wildman–Crippen LogP) is 2.92. The Bertz CT molecular complexity index is 392. The van der Waals surface area contributed by atoms with Gasteiger partial charge < -0.3 is 5.73 Å². The Morgan fingerprint density at radius 3 is 2.37 bits per heavy atom. The number of carbonyl (C=O) groups is 2. The summed E-state index contributed by atoms with van der Waals surface area (Å²) in [4.78, 5) is 22.2. The minimum atomic E-state index is -0.229. The summed E-state index contributed by atoms with van der Waals surface area (Å²) in [5.74, 6) is 0.634. The van der Waals surface area contributed by atoms with Crippen LogP contribution in [-0.2, 0) is 16.0 Å². The van der Waals surface area contributed by atoms with Crippen molar-refractivity contribution in [2.45, 2.75) is 38.5 Å². The zero-order chi connectivity index (χ0) is 13.9. The van der Waals surface area contributed by atoms with Crippen molar-refractivity contribution in [3.05, 3.63) is 35.9 Å². The first-order valence-electron chi connectivity index (χ1n) is 6.66. The Balaban J connectivity index is 2.00. The van der Waals surface area contributed by atoms with Gasteiger partial charge in [0.2, 0.25) is 5.91 Å². The lowest BCUT2D eigenvalue weighted by atomic mass is 10.1. The molecule has 0 bridgehead atoms. The van der Waals surface area contributed by atoms with Gasteiger partial charge in [0.25, 0.3) is 0 Å². The molecule has 0 heterocycles. The van der Waals surface area contributed by atoms with Gasteiger partial charge in [0.15, 0.2) is 5.12 Å². The minimum Gasteiger partial charge on any atom is -0.370 e. The molecule has 0 fully saturated rings. The molecule has 1 rings (SSSR count). The van der Waals surface area contributed by atoms with Crippen LogP contribution in [0, 0.1) is 0 Å². The Kier molecular flexibility index (Phi) is 7.98. The van der Waals surface area contributed by atoms with E-state index < -0.39 is 0 Å². The Morgan fingerprint density at radius 1 is 1.00 bits per heavy atom. The summed E-state index contributed by atoms with van der Waals surface area (Å²) in [7, 11) is 0. The first-order valence-corrected chi connectivity index (χ1v) is 7.65. The van der Waals surface area contributed by atoms with Crippen molar-refractivity contribution in [3.63, 3.8) is 0 Å². The van der Waals surface area contributed by atoms with Gasteiger partial charge in [-0.2, -0.15) is 0 Å². The Morgan fingerprint density at radius 2 is 1.68 bits per heavy atom. The molecule has 0 saturated heterocycles. The second-order valence-corrected chi connectivity index (χ2v) is 5.67. The first kappa shape index (κ1) is 15.8. The lowest BCUT2D eigenvalue weighted by Crippen LogP contribution is -2.09. The van der Waals surface area contributed by atoms with Crippen LogP contribution in [0.3, 0.4) is 0 Å². The fourth-order valence-corrected chi connectivity index (χ4v) is 2.60. The second-order valence-electron chi connectivity index (χ2n) is 4.51. The van der Waals surface area contributed by atoms with E-state index >= 15 is 0 Å². The van der Waals surface area contributed by atoms with Crippen LogP contribution in [0.5, 0.6) is 0 Å². The van der Waals surface area contributed by atoms with E-state index in [9.17, 15) is 9.59 Å². The SMILES string of the molecule is NC(=O)CCCCCCSC(=O)Cc1ccccc1. The summed E-state index contributed by atoms with van der Waals surface area (Å²) in [6.45, 7) is 0.